The van der Waals surface area contributed by atoms with Crippen molar-refractivity contribution in [3.05, 3.63) is 52.2 Å². The highest BCUT2D eigenvalue weighted by Gasteiger charge is 2.29. The second-order valence-corrected chi connectivity index (χ2v) is 10.2. The summed E-state index contributed by atoms with van der Waals surface area (Å²) < 4.78 is 26.2. The average molecular weight is 436 g/mol. The summed E-state index contributed by atoms with van der Waals surface area (Å²) in [7, 11) is -0.639. The van der Waals surface area contributed by atoms with Gasteiger partial charge in [0.05, 0.1) is 15.7 Å². The maximum Gasteiger partial charge on any atom is 0.263 e. The Morgan fingerprint density at radius 3 is 2.66 bits per heavy atom. The quantitative estimate of drug-likeness (QED) is 0.753. The predicted molar refractivity (Wildman–Crippen MR) is 112 cm³/mol. The first-order valence-electron chi connectivity index (χ1n) is 9.41. The van der Waals surface area contributed by atoms with Crippen LogP contribution in [0.4, 0.5) is 0 Å². The summed E-state index contributed by atoms with van der Waals surface area (Å²) >= 11 is 1.40. The number of carbonyl (C=O) groups is 2. The Kier molecular flexibility index (Phi) is 6.71. The molecule has 156 valence electrons. The van der Waals surface area contributed by atoms with Crippen molar-refractivity contribution in [3.63, 3.8) is 0 Å². The SMILES string of the molecule is CN(C)S(=O)(=O)c1ccccc1CNC(=O)[C@H]1CCCN(C(=O)c2cccs2)C1. The van der Waals surface area contributed by atoms with Gasteiger partial charge in [0.2, 0.25) is 15.9 Å². The van der Waals surface area contributed by atoms with Crippen molar-refractivity contribution < 1.29 is 18.0 Å². The normalized spacial score (nSPS) is 17.3. The van der Waals surface area contributed by atoms with Crippen LogP contribution in [0, 0.1) is 5.92 Å². The molecule has 0 bridgehead atoms. The van der Waals surface area contributed by atoms with Crippen molar-refractivity contribution in [3.8, 4) is 0 Å². The Labute approximate surface area is 175 Å². The molecule has 0 unspecified atom stereocenters. The summed E-state index contributed by atoms with van der Waals surface area (Å²) in [4.78, 5) is 27.9. The van der Waals surface area contributed by atoms with Crippen molar-refractivity contribution >= 4 is 33.2 Å². The van der Waals surface area contributed by atoms with Crippen LogP contribution in [0.3, 0.4) is 0 Å². The molecule has 1 aromatic carbocycles. The molecule has 9 heteroatoms. The van der Waals surface area contributed by atoms with E-state index in [1.165, 1.54) is 25.4 Å². The lowest BCUT2D eigenvalue weighted by atomic mass is 9.97. The first kappa shape index (κ1) is 21.5. The van der Waals surface area contributed by atoms with Gasteiger partial charge in [0.15, 0.2) is 0 Å². The molecule has 0 spiro atoms. The minimum atomic E-state index is -3.60. The second kappa shape index (κ2) is 9.06. The molecular weight excluding hydrogens is 410 g/mol. The fourth-order valence-corrected chi connectivity index (χ4v) is 5.16. The van der Waals surface area contributed by atoms with E-state index in [-0.39, 0.29) is 29.2 Å². The van der Waals surface area contributed by atoms with Crippen LogP contribution in [0.2, 0.25) is 0 Å². The molecule has 29 heavy (non-hydrogen) atoms. The highest BCUT2D eigenvalue weighted by atomic mass is 32.2. The topological polar surface area (TPSA) is 86.8 Å². The molecule has 0 radical (unpaired) electrons. The van der Waals surface area contributed by atoms with Crippen LogP contribution >= 0.6 is 11.3 Å². The Balaban J connectivity index is 1.65. The van der Waals surface area contributed by atoms with Crippen molar-refractivity contribution in [1.29, 1.82) is 0 Å². The summed E-state index contributed by atoms with van der Waals surface area (Å²) in [6.45, 7) is 1.14. The van der Waals surface area contributed by atoms with Gasteiger partial charge in [-0.1, -0.05) is 24.3 Å². The number of nitrogens with zero attached hydrogens (tertiary/aromatic N) is 2. The zero-order valence-electron chi connectivity index (χ0n) is 16.5. The zero-order chi connectivity index (χ0) is 21.0. The van der Waals surface area contributed by atoms with E-state index in [9.17, 15) is 18.0 Å². The van der Waals surface area contributed by atoms with Gasteiger partial charge >= 0.3 is 0 Å². The van der Waals surface area contributed by atoms with Crippen LogP contribution in [0.1, 0.15) is 28.1 Å². The smallest absolute Gasteiger partial charge is 0.263 e. The Bertz CT molecular complexity index is 971. The van der Waals surface area contributed by atoms with E-state index >= 15 is 0 Å². The van der Waals surface area contributed by atoms with Crippen LogP contribution < -0.4 is 5.32 Å². The molecule has 3 rings (SSSR count). The molecule has 0 saturated carbocycles. The van der Waals surface area contributed by atoms with Gasteiger partial charge in [0, 0.05) is 33.7 Å². The summed E-state index contributed by atoms with van der Waals surface area (Å²) in [6.07, 6.45) is 1.47. The third-order valence-corrected chi connectivity index (χ3v) is 7.77. The largest absolute Gasteiger partial charge is 0.352 e. The lowest BCUT2D eigenvalue weighted by Gasteiger charge is -2.31. The molecule has 7 nitrogen and oxygen atoms in total. The van der Waals surface area contributed by atoms with Gasteiger partial charge in [-0.2, -0.15) is 0 Å². The van der Waals surface area contributed by atoms with Gasteiger partial charge in [0.25, 0.3) is 5.91 Å². The molecule has 2 heterocycles. The number of benzene rings is 1. The number of likely N-dealkylation sites (tertiary alicyclic amines) is 1. The van der Waals surface area contributed by atoms with Crippen LogP contribution in [0.5, 0.6) is 0 Å². The molecule has 2 aromatic rings. The molecule has 1 N–H and O–H groups in total. The molecule has 2 amide bonds. The predicted octanol–water partition coefficient (Wildman–Crippen LogP) is 2.17. The standard InChI is InChI=1S/C20H25N3O4S2/c1-22(2)29(26,27)18-10-4-3-7-15(18)13-21-19(24)16-8-5-11-23(14-16)20(25)17-9-6-12-28-17/h3-4,6-7,9-10,12,16H,5,8,11,13-14H2,1-2H3,(H,21,24)/t16-/m0/s1. The van der Waals surface area contributed by atoms with Crippen molar-refractivity contribution in [2.24, 2.45) is 5.92 Å². The van der Waals surface area contributed by atoms with Gasteiger partial charge in [-0.15, -0.1) is 11.3 Å². The fraction of sp³-hybridized carbons (Fsp3) is 0.400. The van der Waals surface area contributed by atoms with Gasteiger partial charge in [-0.25, -0.2) is 12.7 Å². The Morgan fingerprint density at radius 1 is 1.21 bits per heavy atom. The van der Waals surface area contributed by atoms with Gasteiger partial charge in [-0.3, -0.25) is 9.59 Å². The van der Waals surface area contributed by atoms with Crippen LogP contribution in [0.15, 0.2) is 46.7 Å². The number of thiophene rings is 1. The number of sulfonamides is 1. The van der Waals surface area contributed by atoms with Crippen molar-refractivity contribution in [1.82, 2.24) is 14.5 Å². The van der Waals surface area contributed by atoms with E-state index in [4.69, 9.17) is 0 Å². The average Bonchev–Trinajstić information content (AvgIpc) is 3.26. The van der Waals surface area contributed by atoms with E-state index < -0.39 is 10.0 Å². The van der Waals surface area contributed by atoms with Crippen molar-refractivity contribution in [2.75, 3.05) is 27.2 Å². The molecule has 0 aliphatic carbocycles. The summed E-state index contributed by atoms with van der Waals surface area (Å²) in [5.74, 6) is -0.504. The number of carbonyl (C=O) groups excluding carboxylic acids is 2. The molecule has 1 aliphatic heterocycles. The van der Waals surface area contributed by atoms with Gasteiger partial charge < -0.3 is 10.2 Å². The van der Waals surface area contributed by atoms with E-state index in [1.54, 1.807) is 35.2 Å². The second-order valence-electron chi connectivity index (χ2n) is 7.18. The molecular formula is C20H25N3O4S2. The lowest BCUT2D eigenvalue weighted by molar-refractivity contribution is -0.126. The monoisotopic (exact) mass is 435 g/mol. The summed E-state index contributed by atoms with van der Waals surface area (Å²) in [5.41, 5.74) is 0.539. The summed E-state index contributed by atoms with van der Waals surface area (Å²) in [5, 5.41) is 4.72. The minimum absolute atomic E-state index is 0.0417. The number of nitrogens with one attached hydrogen (secondary N) is 1. The number of amides is 2. The van der Waals surface area contributed by atoms with E-state index in [1.807, 2.05) is 11.4 Å². The number of hydrogen-bond donors (Lipinski definition) is 1. The first-order chi connectivity index (χ1) is 13.8. The number of piperidine rings is 1. The zero-order valence-corrected chi connectivity index (χ0v) is 18.1. The molecule has 1 aliphatic rings. The minimum Gasteiger partial charge on any atom is -0.352 e. The maximum atomic E-state index is 12.7. The van der Waals surface area contributed by atoms with Gasteiger partial charge in [0.1, 0.15) is 0 Å². The Morgan fingerprint density at radius 2 is 1.97 bits per heavy atom. The molecule has 1 fully saturated rings. The van der Waals surface area contributed by atoms with Crippen molar-refractivity contribution in [2.45, 2.75) is 24.3 Å². The van der Waals surface area contributed by atoms with Crippen LogP contribution in [-0.2, 0) is 21.4 Å². The lowest BCUT2D eigenvalue weighted by Crippen LogP contribution is -2.45. The summed E-state index contributed by atoms with van der Waals surface area (Å²) in [6, 6.07) is 10.3. The first-order valence-corrected chi connectivity index (χ1v) is 11.7. The highest BCUT2D eigenvalue weighted by Crippen LogP contribution is 2.22. The highest BCUT2D eigenvalue weighted by molar-refractivity contribution is 7.89. The number of rotatable bonds is 6. The third-order valence-electron chi connectivity index (χ3n) is 5.00. The van der Waals surface area contributed by atoms with Crippen LogP contribution in [0.25, 0.3) is 0 Å². The molecule has 1 atom stereocenters. The fourth-order valence-electron chi connectivity index (χ4n) is 3.36. The molecule has 1 saturated heterocycles. The van der Waals surface area contributed by atoms with E-state index in [0.717, 1.165) is 10.7 Å². The van der Waals surface area contributed by atoms with Gasteiger partial charge in [-0.05, 0) is 35.9 Å². The van der Waals surface area contributed by atoms with E-state index in [2.05, 4.69) is 5.32 Å². The maximum absolute atomic E-state index is 12.7. The Hall–Kier alpha value is -2.23. The van der Waals surface area contributed by atoms with E-state index in [0.29, 0.717) is 30.0 Å². The number of hydrogen-bond acceptors (Lipinski definition) is 5. The molecule has 1 aromatic heterocycles. The third kappa shape index (κ3) is 4.85. The van der Waals surface area contributed by atoms with Crippen LogP contribution in [-0.4, -0.2) is 56.6 Å².